The van der Waals surface area contributed by atoms with Crippen LogP contribution in [0.1, 0.15) is 45.5 Å². The van der Waals surface area contributed by atoms with Crippen molar-refractivity contribution in [3.63, 3.8) is 0 Å². The Kier molecular flexibility index (Phi) is 5.59. The molecule has 8 heteroatoms. The molecule has 1 amide bonds. The van der Waals surface area contributed by atoms with E-state index in [1.807, 2.05) is 38.6 Å². The van der Waals surface area contributed by atoms with Crippen LogP contribution in [0.25, 0.3) is 0 Å². The summed E-state index contributed by atoms with van der Waals surface area (Å²) >= 11 is 0. The number of carbonyl (C=O) groups is 1. The lowest BCUT2D eigenvalue weighted by Crippen LogP contribution is -2.38. The summed E-state index contributed by atoms with van der Waals surface area (Å²) in [6.45, 7) is 10.2. The van der Waals surface area contributed by atoms with Gasteiger partial charge in [-0.15, -0.1) is 5.10 Å². The first kappa shape index (κ1) is 17.7. The molecule has 1 aromatic heterocycles. The molecule has 1 atom stereocenters. The summed E-state index contributed by atoms with van der Waals surface area (Å²) in [5.41, 5.74) is 0.410. The number of hydrogen-bond donors (Lipinski definition) is 1. The van der Waals surface area contributed by atoms with Gasteiger partial charge in [0, 0.05) is 20.1 Å². The Hall–Kier alpha value is -1.67. The van der Waals surface area contributed by atoms with Gasteiger partial charge < -0.3 is 19.7 Å². The molecule has 1 aliphatic rings. The first-order chi connectivity index (χ1) is 10.8. The third-order valence-electron chi connectivity index (χ3n) is 3.57. The van der Waals surface area contributed by atoms with Crippen LogP contribution < -0.4 is 5.32 Å². The third kappa shape index (κ3) is 5.18. The molecule has 0 bridgehead atoms. The number of nitrogens with zero attached hydrogens (tertiary/aromatic N) is 4. The minimum Gasteiger partial charge on any atom is -0.444 e. The summed E-state index contributed by atoms with van der Waals surface area (Å²) in [6.07, 6.45) is 1.63. The average molecular weight is 325 g/mol. The quantitative estimate of drug-likeness (QED) is 0.851. The van der Waals surface area contributed by atoms with Gasteiger partial charge in [-0.05, 0) is 27.7 Å². The van der Waals surface area contributed by atoms with Gasteiger partial charge in [0.05, 0.1) is 31.1 Å². The fraction of sp³-hybridized carbons (Fsp3) is 0.800. The number of aromatic nitrogens is 3. The Morgan fingerprint density at radius 2 is 2.26 bits per heavy atom. The van der Waals surface area contributed by atoms with Crippen molar-refractivity contribution in [3.8, 4) is 0 Å². The molecule has 0 aliphatic carbocycles. The number of ether oxygens (including phenoxy) is 2. The highest BCUT2D eigenvalue weighted by molar-refractivity contribution is 5.67. The summed E-state index contributed by atoms with van der Waals surface area (Å²) in [4.78, 5) is 13.4. The summed E-state index contributed by atoms with van der Waals surface area (Å²) in [5, 5.41) is 11.7. The monoisotopic (exact) mass is 325 g/mol. The third-order valence-corrected chi connectivity index (χ3v) is 3.57. The molecule has 1 aliphatic heterocycles. The summed E-state index contributed by atoms with van der Waals surface area (Å²) in [5.74, 6) is 0. The largest absolute Gasteiger partial charge is 0.444 e. The lowest BCUT2D eigenvalue weighted by Gasteiger charge is -2.25. The van der Waals surface area contributed by atoms with Gasteiger partial charge in [-0.1, -0.05) is 5.21 Å². The second kappa shape index (κ2) is 7.27. The fourth-order valence-corrected chi connectivity index (χ4v) is 2.03. The zero-order chi connectivity index (χ0) is 17.0. The Balaban J connectivity index is 1.72. The molecule has 23 heavy (non-hydrogen) atoms. The fourth-order valence-electron chi connectivity index (χ4n) is 2.03. The normalized spacial score (nSPS) is 16.7. The number of likely N-dealkylation sites (N-methyl/N-ethyl adjacent to an activating group) is 1. The van der Waals surface area contributed by atoms with Gasteiger partial charge in [0.15, 0.2) is 0 Å². The van der Waals surface area contributed by atoms with Crippen molar-refractivity contribution in [3.05, 3.63) is 11.9 Å². The van der Waals surface area contributed by atoms with Gasteiger partial charge in [0.1, 0.15) is 11.6 Å². The number of nitrogens with one attached hydrogen (secondary N) is 1. The van der Waals surface area contributed by atoms with Gasteiger partial charge in [0.25, 0.3) is 0 Å². The Morgan fingerprint density at radius 3 is 2.83 bits per heavy atom. The molecular weight excluding hydrogens is 298 g/mol. The SMILES string of the molecule is CC(NCCN(C)C(=O)OC(C)(C)C)c1cn(C2COC2)nn1. The standard InChI is InChI=1S/C15H27N5O3/c1-11(13-8-20(18-17-13)12-9-22-10-12)16-6-7-19(5)14(21)23-15(2,3)4/h8,11-12,16H,6-7,9-10H2,1-5H3. The van der Waals surface area contributed by atoms with E-state index in [4.69, 9.17) is 9.47 Å². The molecule has 1 fully saturated rings. The lowest BCUT2D eigenvalue weighted by molar-refractivity contribution is -0.0294. The topological polar surface area (TPSA) is 81.5 Å². The predicted octanol–water partition coefficient (Wildman–Crippen LogP) is 1.37. The van der Waals surface area contributed by atoms with E-state index in [2.05, 4.69) is 15.6 Å². The van der Waals surface area contributed by atoms with E-state index in [0.29, 0.717) is 32.3 Å². The molecule has 1 saturated heterocycles. The Labute approximate surface area is 137 Å². The zero-order valence-corrected chi connectivity index (χ0v) is 14.6. The van der Waals surface area contributed by atoms with Crippen molar-refractivity contribution in [2.75, 3.05) is 33.4 Å². The molecule has 130 valence electrons. The van der Waals surface area contributed by atoms with Crippen molar-refractivity contribution < 1.29 is 14.3 Å². The van der Waals surface area contributed by atoms with Crippen LogP contribution in [-0.2, 0) is 9.47 Å². The molecule has 0 spiro atoms. The van der Waals surface area contributed by atoms with E-state index >= 15 is 0 Å². The number of carbonyl (C=O) groups excluding carboxylic acids is 1. The highest BCUT2D eigenvalue weighted by Crippen LogP contribution is 2.17. The zero-order valence-electron chi connectivity index (χ0n) is 14.6. The summed E-state index contributed by atoms with van der Waals surface area (Å²) in [7, 11) is 1.73. The van der Waals surface area contributed by atoms with E-state index in [0.717, 1.165) is 5.69 Å². The first-order valence-electron chi connectivity index (χ1n) is 7.93. The van der Waals surface area contributed by atoms with Crippen LogP contribution in [0.3, 0.4) is 0 Å². The smallest absolute Gasteiger partial charge is 0.410 e. The van der Waals surface area contributed by atoms with Gasteiger partial charge >= 0.3 is 6.09 Å². The Bertz CT molecular complexity index is 521. The van der Waals surface area contributed by atoms with Crippen LogP contribution in [0.15, 0.2) is 6.20 Å². The van der Waals surface area contributed by atoms with E-state index < -0.39 is 5.60 Å². The van der Waals surface area contributed by atoms with Crippen LogP contribution in [0.4, 0.5) is 4.79 Å². The maximum atomic E-state index is 11.9. The molecule has 1 N–H and O–H groups in total. The molecule has 8 nitrogen and oxygen atoms in total. The maximum Gasteiger partial charge on any atom is 0.410 e. The van der Waals surface area contributed by atoms with Crippen LogP contribution in [0, 0.1) is 0 Å². The van der Waals surface area contributed by atoms with Gasteiger partial charge in [0.2, 0.25) is 0 Å². The average Bonchev–Trinajstić information content (AvgIpc) is 2.83. The van der Waals surface area contributed by atoms with Gasteiger partial charge in [-0.3, -0.25) is 0 Å². The van der Waals surface area contributed by atoms with Crippen LogP contribution >= 0.6 is 0 Å². The molecule has 0 aromatic carbocycles. The molecule has 1 unspecified atom stereocenters. The molecular formula is C15H27N5O3. The highest BCUT2D eigenvalue weighted by atomic mass is 16.6. The van der Waals surface area contributed by atoms with E-state index in [-0.39, 0.29) is 12.1 Å². The Morgan fingerprint density at radius 1 is 1.57 bits per heavy atom. The minimum absolute atomic E-state index is 0.0665. The number of amides is 1. The van der Waals surface area contributed by atoms with E-state index in [9.17, 15) is 4.79 Å². The minimum atomic E-state index is -0.476. The van der Waals surface area contributed by atoms with Crippen LogP contribution in [0.2, 0.25) is 0 Å². The predicted molar refractivity (Wildman–Crippen MR) is 85.2 cm³/mol. The second-order valence-corrected chi connectivity index (χ2v) is 6.89. The van der Waals surface area contributed by atoms with Crippen LogP contribution in [-0.4, -0.2) is 64.9 Å². The van der Waals surface area contributed by atoms with Crippen molar-refractivity contribution in [2.45, 2.75) is 45.4 Å². The molecule has 1 aromatic rings. The van der Waals surface area contributed by atoms with Gasteiger partial charge in [-0.2, -0.15) is 0 Å². The first-order valence-corrected chi connectivity index (χ1v) is 7.93. The summed E-state index contributed by atoms with van der Waals surface area (Å²) < 4.78 is 12.3. The molecule has 0 saturated carbocycles. The highest BCUT2D eigenvalue weighted by Gasteiger charge is 2.23. The van der Waals surface area contributed by atoms with Crippen LogP contribution in [0.5, 0.6) is 0 Å². The van der Waals surface area contributed by atoms with E-state index in [1.165, 1.54) is 0 Å². The molecule has 2 heterocycles. The van der Waals surface area contributed by atoms with Crippen molar-refractivity contribution in [1.29, 1.82) is 0 Å². The van der Waals surface area contributed by atoms with Crippen molar-refractivity contribution in [1.82, 2.24) is 25.2 Å². The molecule has 0 radical (unpaired) electrons. The second-order valence-electron chi connectivity index (χ2n) is 6.89. The number of rotatable bonds is 6. The lowest BCUT2D eigenvalue weighted by atomic mass is 10.2. The molecule has 2 rings (SSSR count). The van der Waals surface area contributed by atoms with Gasteiger partial charge in [-0.25, -0.2) is 9.48 Å². The van der Waals surface area contributed by atoms with Crippen molar-refractivity contribution in [2.24, 2.45) is 0 Å². The van der Waals surface area contributed by atoms with Crippen molar-refractivity contribution >= 4 is 6.09 Å². The number of hydrogen-bond acceptors (Lipinski definition) is 6. The van der Waals surface area contributed by atoms with E-state index in [1.54, 1.807) is 11.9 Å². The summed E-state index contributed by atoms with van der Waals surface area (Å²) in [6, 6.07) is 0.374. The maximum absolute atomic E-state index is 11.9.